The van der Waals surface area contributed by atoms with Gasteiger partial charge in [0.25, 0.3) is 0 Å². The molecule has 4 nitrogen and oxygen atoms in total. The van der Waals surface area contributed by atoms with Crippen molar-refractivity contribution in [3.8, 4) is 0 Å². The van der Waals surface area contributed by atoms with E-state index in [-0.39, 0.29) is 22.9 Å². The summed E-state index contributed by atoms with van der Waals surface area (Å²) in [6.07, 6.45) is 9.92. The number of carbonyl (C=O) groups is 1. The number of amides is 1. The Labute approximate surface area is 184 Å². The Balaban J connectivity index is 1.87. The van der Waals surface area contributed by atoms with Gasteiger partial charge in [-0.05, 0) is 58.6 Å². The van der Waals surface area contributed by atoms with Crippen molar-refractivity contribution in [1.29, 1.82) is 0 Å². The quantitative estimate of drug-likeness (QED) is 0.477. The summed E-state index contributed by atoms with van der Waals surface area (Å²) in [5.74, 6) is 0.330. The van der Waals surface area contributed by atoms with Crippen LogP contribution >= 0.6 is 23.2 Å². The van der Waals surface area contributed by atoms with Gasteiger partial charge in [0, 0.05) is 17.0 Å². The Morgan fingerprint density at radius 2 is 1.55 bits per heavy atom. The molecule has 1 heterocycles. The van der Waals surface area contributed by atoms with Gasteiger partial charge >= 0.3 is 0 Å². The van der Waals surface area contributed by atoms with Crippen molar-refractivity contribution in [3.05, 3.63) is 22.2 Å². The predicted molar refractivity (Wildman–Crippen MR) is 122 cm³/mol. The molecular formula is C23H33Cl2N3O. The lowest BCUT2D eigenvalue weighted by molar-refractivity contribution is -0.131. The number of fused-ring (bicyclic) bond motifs is 3. The van der Waals surface area contributed by atoms with Gasteiger partial charge in [0.1, 0.15) is 5.54 Å². The molecule has 0 radical (unpaired) electrons. The summed E-state index contributed by atoms with van der Waals surface area (Å²) in [7, 11) is 0. The first-order valence-electron chi connectivity index (χ1n) is 11.0. The molecule has 2 atom stereocenters. The van der Waals surface area contributed by atoms with E-state index in [1.807, 2.05) is 12.1 Å². The zero-order valence-corrected chi connectivity index (χ0v) is 19.3. The number of rotatable bonds is 1. The average molecular weight is 438 g/mol. The van der Waals surface area contributed by atoms with E-state index in [1.165, 1.54) is 19.3 Å². The van der Waals surface area contributed by atoms with Crippen molar-refractivity contribution in [3.63, 3.8) is 0 Å². The maximum atomic E-state index is 13.8. The smallest absolute Gasteiger partial charge is 0.246 e. The molecule has 2 aliphatic carbocycles. The maximum Gasteiger partial charge on any atom is 0.246 e. The van der Waals surface area contributed by atoms with Crippen molar-refractivity contribution in [2.24, 2.45) is 5.92 Å². The van der Waals surface area contributed by atoms with Crippen molar-refractivity contribution >= 4 is 40.5 Å². The van der Waals surface area contributed by atoms with Gasteiger partial charge in [-0.15, -0.1) is 0 Å². The molecule has 1 aliphatic heterocycles. The molecule has 2 saturated carbocycles. The van der Waals surface area contributed by atoms with E-state index in [0.717, 1.165) is 49.9 Å². The molecule has 4 rings (SSSR count). The molecule has 0 aromatic heterocycles. The number of anilines is 2. The molecule has 1 spiro atoms. The predicted octanol–water partition coefficient (Wildman–Crippen LogP) is 6.38. The Morgan fingerprint density at radius 3 is 2.17 bits per heavy atom. The standard InChI is InChI=1S/C23H33Cl2N3O/c1-21(2,3)28-20(29)23-12-8-5-9-19(23)22(10-6-4-7-11-22)26-17-13-15(24)16(25)14-18(17)27-23/h13-14,19,26-27H,4-12H2,1-3H3,(H,28,29)/t19-,23+/m0/s1. The number of benzene rings is 1. The van der Waals surface area contributed by atoms with Crippen molar-refractivity contribution < 1.29 is 4.79 Å². The first-order chi connectivity index (χ1) is 13.7. The van der Waals surface area contributed by atoms with Gasteiger partial charge in [0.15, 0.2) is 0 Å². The molecule has 0 bridgehead atoms. The van der Waals surface area contributed by atoms with Crippen LogP contribution < -0.4 is 16.0 Å². The second-order valence-corrected chi connectivity index (χ2v) is 11.1. The summed E-state index contributed by atoms with van der Waals surface area (Å²) in [5.41, 5.74) is 0.841. The van der Waals surface area contributed by atoms with Crippen LogP contribution in [0.1, 0.15) is 78.6 Å². The van der Waals surface area contributed by atoms with Gasteiger partial charge in [-0.3, -0.25) is 4.79 Å². The third kappa shape index (κ3) is 3.83. The Hall–Kier alpha value is -1.13. The molecule has 0 saturated heterocycles. The van der Waals surface area contributed by atoms with Crippen LogP contribution in [0.15, 0.2) is 12.1 Å². The summed E-state index contributed by atoms with van der Waals surface area (Å²) in [6.45, 7) is 6.15. The van der Waals surface area contributed by atoms with Gasteiger partial charge in [0.05, 0.1) is 21.4 Å². The monoisotopic (exact) mass is 437 g/mol. The summed E-state index contributed by atoms with van der Waals surface area (Å²) in [5, 5.41) is 12.0. The molecule has 1 amide bonds. The van der Waals surface area contributed by atoms with E-state index in [4.69, 9.17) is 23.2 Å². The topological polar surface area (TPSA) is 53.2 Å². The molecule has 2 fully saturated rings. The lowest BCUT2D eigenvalue weighted by Gasteiger charge is -2.53. The molecular weight excluding hydrogens is 405 g/mol. The number of carbonyl (C=O) groups excluding carboxylic acids is 1. The lowest BCUT2D eigenvalue weighted by Crippen LogP contribution is -2.67. The highest BCUT2D eigenvalue weighted by Crippen LogP contribution is 2.53. The number of nitrogens with one attached hydrogen (secondary N) is 3. The van der Waals surface area contributed by atoms with Crippen LogP contribution in [0.25, 0.3) is 0 Å². The minimum Gasteiger partial charge on any atom is -0.378 e. The van der Waals surface area contributed by atoms with Crippen LogP contribution in [0.4, 0.5) is 11.4 Å². The van der Waals surface area contributed by atoms with Crippen LogP contribution in [0.3, 0.4) is 0 Å². The Morgan fingerprint density at radius 1 is 0.966 bits per heavy atom. The minimum atomic E-state index is -0.641. The van der Waals surface area contributed by atoms with Gasteiger partial charge in [0.2, 0.25) is 5.91 Å². The Bertz CT molecular complexity index is 798. The molecule has 3 N–H and O–H groups in total. The summed E-state index contributed by atoms with van der Waals surface area (Å²) < 4.78 is 0. The first-order valence-corrected chi connectivity index (χ1v) is 11.8. The molecule has 29 heavy (non-hydrogen) atoms. The molecule has 6 heteroatoms. The van der Waals surface area contributed by atoms with Crippen LogP contribution in [0.2, 0.25) is 10.0 Å². The second kappa shape index (κ2) is 7.53. The summed E-state index contributed by atoms with van der Waals surface area (Å²) in [4.78, 5) is 13.8. The second-order valence-electron chi connectivity index (χ2n) is 10.3. The number of halogens is 2. The average Bonchev–Trinajstić information content (AvgIpc) is 2.75. The molecule has 1 aromatic rings. The third-order valence-corrected chi connectivity index (χ3v) is 7.74. The van der Waals surface area contributed by atoms with E-state index in [9.17, 15) is 4.79 Å². The molecule has 160 valence electrons. The molecule has 1 aromatic carbocycles. The minimum absolute atomic E-state index is 0.0939. The Kier molecular flexibility index (Phi) is 5.48. The molecule has 0 unspecified atom stereocenters. The lowest BCUT2D eigenvalue weighted by atomic mass is 9.59. The van der Waals surface area contributed by atoms with Crippen LogP contribution in [0.5, 0.6) is 0 Å². The fraction of sp³-hybridized carbons (Fsp3) is 0.696. The van der Waals surface area contributed by atoms with Gasteiger partial charge < -0.3 is 16.0 Å². The number of hydrogen-bond acceptors (Lipinski definition) is 3. The third-order valence-electron chi connectivity index (χ3n) is 7.02. The van der Waals surface area contributed by atoms with Crippen molar-refractivity contribution in [2.45, 2.75) is 95.2 Å². The van der Waals surface area contributed by atoms with Gasteiger partial charge in [-0.1, -0.05) is 55.3 Å². The fourth-order valence-corrected chi connectivity index (χ4v) is 6.18. The number of hydrogen-bond donors (Lipinski definition) is 3. The fourth-order valence-electron chi connectivity index (χ4n) is 5.86. The molecule has 3 aliphatic rings. The largest absolute Gasteiger partial charge is 0.378 e. The van der Waals surface area contributed by atoms with Crippen molar-refractivity contribution in [1.82, 2.24) is 5.32 Å². The zero-order valence-electron chi connectivity index (χ0n) is 17.8. The van der Waals surface area contributed by atoms with E-state index in [0.29, 0.717) is 10.0 Å². The van der Waals surface area contributed by atoms with Crippen molar-refractivity contribution in [2.75, 3.05) is 10.6 Å². The summed E-state index contributed by atoms with van der Waals surface area (Å²) in [6, 6.07) is 3.81. The van der Waals surface area contributed by atoms with Crippen LogP contribution in [0, 0.1) is 5.92 Å². The van der Waals surface area contributed by atoms with E-state index < -0.39 is 5.54 Å². The van der Waals surface area contributed by atoms with Gasteiger partial charge in [-0.25, -0.2) is 0 Å². The maximum absolute atomic E-state index is 13.8. The van der Waals surface area contributed by atoms with Crippen LogP contribution in [-0.4, -0.2) is 22.5 Å². The van der Waals surface area contributed by atoms with Crippen LogP contribution in [-0.2, 0) is 4.79 Å². The highest BCUT2D eigenvalue weighted by Gasteiger charge is 2.58. The highest BCUT2D eigenvalue weighted by atomic mass is 35.5. The van der Waals surface area contributed by atoms with E-state index in [2.05, 4.69) is 36.7 Å². The summed E-state index contributed by atoms with van der Waals surface area (Å²) >= 11 is 12.8. The van der Waals surface area contributed by atoms with E-state index in [1.54, 1.807) is 0 Å². The van der Waals surface area contributed by atoms with E-state index >= 15 is 0 Å². The zero-order chi connectivity index (χ0) is 20.9. The highest BCUT2D eigenvalue weighted by molar-refractivity contribution is 6.42. The normalized spacial score (nSPS) is 28.4. The van der Waals surface area contributed by atoms with Gasteiger partial charge in [-0.2, -0.15) is 0 Å². The first kappa shape index (κ1) is 21.1. The SMILES string of the molecule is CC(C)(C)NC(=O)[C@@]12CCCC[C@H]1C1(CCCCC1)Nc1cc(Cl)c(Cl)cc1N2.